The molecule has 0 N–H and O–H groups in total. The molecule has 2 nitrogen and oxygen atoms in total. The van der Waals surface area contributed by atoms with E-state index in [0.29, 0.717) is 12.5 Å². The normalized spacial score (nSPS) is 32.6. The van der Waals surface area contributed by atoms with E-state index in [1.165, 1.54) is 0 Å². The Balaban J connectivity index is 2.24. The molecule has 1 saturated heterocycles. The van der Waals surface area contributed by atoms with E-state index >= 15 is 0 Å². The molecule has 0 aromatic carbocycles. The number of carbonyl (C=O) groups is 1. The van der Waals surface area contributed by atoms with Gasteiger partial charge in [-0.2, -0.15) is 0 Å². The summed E-state index contributed by atoms with van der Waals surface area (Å²) in [6.45, 7) is 3.67. The van der Waals surface area contributed by atoms with Crippen LogP contribution in [-0.4, -0.2) is 18.0 Å². The molecule has 0 bridgehead atoms. The van der Waals surface area contributed by atoms with Gasteiger partial charge in [0, 0.05) is 6.42 Å². The topological polar surface area (TPSA) is 26.3 Å². The number of ether oxygens (including phenoxy) is 1. The highest BCUT2D eigenvalue weighted by molar-refractivity contribution is 5.75. The van der Waals surface area contributed by atoms with Gasteiger partial charge in [-0.25, -0.2) is 0 Å². The highest BCUT2D eigenvalue weighted by Gasteiger charge is 2.22. The Kier molecular flexibility index (Phi) is 2.44. The molecular formula is C8H14O2. The zero-order valence-electron chi connectivity index (χ0n) is 6.59. The molecule has 1 heterocycles. The Morgan fingerprint density at radius 1 is 1.60 bits per heavy atom. The van der Waals surface area contributed by atoms with Gasteiger partial charge >= 0.3 is 0 Å². The van der Waals surface area contributed by atoms with Crippen molar-refractivity contribution in [3.8, 4) is 0 Å². The molecule has 0 radical (unpaired) electrons. The molecule has 1 rings (SSSR count). The predicted octanol–water partition coefficient (Wildman–Crippen LogP) is 1.53. The summed E-state index contributed by atoms with van der Waals surface area (Å²) < 4.78 is 5.45. The van der Waals surface area contributed by atoms with Crippen molar-refractivity contribution in [3.05, 3.63) is 0 Å². The molecule has 0 amide bonds. The van der Waals surface area contributed by atoms with Crippen molar-refractivity contribution >= 4 is 5.78 Å². The minimum absolute atomic E-state index is 0.215. The van der Waals surface area contributed by atoms with Gasteiger partial charge in [-0.15, -0.1) is 0 Å². The molecule has 0 saturated carbocycles. The molecule has 1 fully saturated rings. The van der Waals surface area contributed by atoms with E-state index in [4.69, 9.17) is 4.74 Å². The number of rotatable bonds is 2. The highest BCUT2D eigenvalue weighted by atomic mass is 16.5. The first-order valence-electron chi connectivity index (χ1n) is 3.83. The van der Waals surface area contributed by atoms with E-state index in [2.05, 4.69) is 6.92 Å². The molecule has 1 aliphatic rings. The summed E-state index contributed by atoms with van der Waals surface area (Å²) in [6, 6.07) is 0. The van der Waals surface area contributed by atoms with Gasteiger partial charge in [0.05, 0.1) is 12.2 Å². The summed E-state index contributed by atoms with van der Waals surface area (Å²) in [6.07, 6.45) is 3.35. The number of Topliss-reactive ketones (excluding diaryl/α,β-unsaturated/α-hetero) is 1. The lowest BCUT2D eigenvalue weighted by Gasteiger charge is -2.07. The van der Waals surface area contributed by atoms with Crippen molar-refractivity contribution in [1.82, 2.24) is 0 Å². The molecule has 10 heavy (non-hydrogen) atoms. The van der Waals surface area contributed by atoms with Gasteiger partial charge in [0.25, 0.3) is 0 Å². The maximum atomic E-state index is 10.6. The second-order valence-electron chi connectivity index (χ2n) is 3.05. The van der Waals surface area contributed by atoms with Crippen molar-refractivity contribution in [1.29, 1.82) is 0 Å². The van der Waals surface area contributed by atoms with Gasteiger partial charge in [0.2, 0.25) is 0 Å². The van der Waals surface area contributed by atoms with Crippen LogP contribution in [0.15, 0.2) is 0 Å². The van der Waals surface area contributed by atoms with E-state index in [1.807, 2.05) is 0 Å². The molecule has 0 unspecified atom stereocenters. The molecule has 0 aliphatic carbocycles. The molecule has 1 aliphatic heterocycles. The Hall–Kier alpha value is -0.370. The first-order valence-corrected chi connectivity index (χ1v) is 3.83. The maximum Gasteiger partial charge on any atom is 0.132 e. The van der Waals surface area contributed by atoms with Gasteiger partial charge in [-0.1, -0.05) is 0 Å². The van der Waals surface area contributed by atoms with E-state index < -0.39 is 0 Å². The summed E-state index contributed by atoms with van der Waals surface area (Å²) >= 11 is 0. The number of ketones is 1. The molecule has 0 aromatic heterocycles. The Morgan fingerprint density at radius 2 is 2.30 bits per heavy atom. The summed E-state index contributed by atoms with van der Waals surface area (Å²) in [7, 11) is 0. The van der Waals surface area contributed by atoms with Crippen LogP contribution in [0.25, 0.3) is 0 Å². The fourth-order valence-corrected chi connectivity index (χ4v) is 1.36. The molecule has 0 aromatic rings. The Morgan fingerprint density at radius 3 is 2.70 bits per heavy atom. The second-order valence-corrected chi connectivity index (χ2v) is 3.05. The van der Waals surface area contributed by atoms with Crippen molar-refractivity contribution in [2.45, 2.75) is 45.3 Å². The van der Waals surface area contributed by atoms with Crippen molar-refractivity contribution in [2.24, 2.45) is 0 Å². The van der Waals surface area contributed by atoms with Crippen LogP contribution in [0.4, 0.5) is 0 Å². The molecule has 0 spiro atoms. The summed E-state index contributed by atoms with van der Waals surface area (Å²) in [4.78, 5) is 10.6. The van der Waals surface area contributed by atoms with Crippen LogP contribution in [0, 0.1) is 0 Å². The zero-order chi connectivity index (χ0) is 7.56. The van der Waals surface area contributed by atoms with Crippen LogP contribution in [0.2, 0.25) is 0 Å². The quantitative estimate of drug-likeness (QED) is 0.584. The lowest BCUT2D eigenvalue weighted by Crippen LogP contribution is -2.11. The molecule has 58 valence electrons. The predicted molar refractivity (Wildman–Crippen MR) is 38.9 cm³/mol. The first-order chi connectivity index (χ1) is 4.68. The first kappa shape index (κ1) is 7.73. The molecule has 2 heteroatoms. The molecular weight excluding hydrogens is 128 g/mol. The minimum atomic E-state index is 0.215. The average Bonchev–Trinajstić information content (AvgIpc) is 2.13. The number of carbonyl (C=O) groups excluding carboxylic acids is 1. The lowest BCUT2D eigenvalue weighted by molar-refractivity contribution is -0.119. The lowest BCUT2D eigenvalue weighted by atomic mass is 10.1. The SMILES string of the molecule is CC(=O)C[C@@H]1CC[C@@H](C)O1. The van der Waals surface area contributed by atoms with Gasteiger partial charge in [-0.05, 0) is 26.7 Å². The largest absolute Gasteiger partial charge is 0.375 e. The summed E-state index contributed by atoms with van der Waals surface area (Å²) in [5.74, 6) is 0.235. The van der Waals surface area contributed by atoms with Crippen LogP contribution >= 0.6 is 0 Å². The fourth-order valence-electron chi connectivity index (χ4n) is 1.36. The minimum Gasteiger partial charge on any atom is -0.375 e. The van der Waals surface area contributed by atoms with Gasteiger partial charge in [0.1, 0.15) is 5.78 Å². The van der Waals surface area contributed by atoms with Crippen LogP contribution < -0.4 is 0 Å². The number of hydrogen-bond donors (Lipinski definition) is 0. The van der Waals surface area contributed by atoms with Crippen LogP contribution in [0.1, 0.15) is 33.1 Å². The summed E-state index contributed by atoms with van der Waals surface area (Å²) in [5, 5.41) is 0. The number of hydrogen-bond acceptors (Lipinski definition) is 2. The highest BCUT2D eigenvalue weighted by Crippen LogP contribution is 2.21. The van der Waals surface area contributed by atoms with E-state index in [0.717, 1.165) is 12.8 Å². The van der Waals surface area contributed by atoms with Gasteiger partial charge < -0.3 is 4.74 Å². The van der Waals surface area contributed by atoms with Crippen LogP contribution in [0.3, 0.4) is 0 Å². The third kappa shape index (κ3) is 2.10. The van der Waals surface area contributed by atoms with Crippen LogP contribution in [-0.2, 0) is 9.53 Å². The maximum absolute atomic E-state index is 10.6. The van der Waals surface area contributed by atoms with E-state index in [1.54, 1.807) is 6.92 Å². The second kappa shape index (κ2) is 3.15. The molecule has 2 atom stereocenters. The zero-order valence-corrected chi connectivity index (χ0v) is 6.59. The van der Waals surface area contributed by atoms with E-state index in [-0.39, 0.29) is 11.9 Å². The fraction of sp³-hybridized carbons (Fsp3) is 0.875. The van der Waals surface area contributed by atoms with Gasteiger partial charge in [0.15, 0.2) is 0 Å². The smallest absolute Gasteiger partial charge is 0.132 e. The van der Waals surface area contributed by atoms with Gasteiger partial charge in [-0.3, -0.25) is 4.79 Å². The third-order valence-corrected chi connectivity index (χ3v) is 1.84. The Labute approximate surface area is 61.6 Å². The Bertz CT molecular complexity index is 131. The van der Waals surface area contributed by atoms with Crippen molar-refractivity contribution in [2.75, 3.05) is 0 Å². The van der Waals surface area contributed by atoms with Crippen LogP contribution in [0.5, 0.6) is 0 Å². The standard InChI is InChI=1S/C8H14O2/c1-6(9)5-8-4-3-7(2)10-8/h7-8H,3-5H2,1-2H3/t7-,8+/m1/s1. The summed E-state index contributed by atoms with van der Waals surface area (Å²) in [5.41, 5.74) is 0. The third-order valence-electron chi connectivity index (χ3n) is 1.84. The van der Waals surface area contributed by atoms with Crippen molar-refractivity contribution < 1.29 is 9.53 Å². The van der Waals surface area contributed by atoms with E-state index in [9.17, 15) is 4.79 Å². The monoisotopic (exact) mass is 142 g/mol. The average molecular weight is 142 g/mol. The van der Waals surface area contributed by atoms with Crippen molar-refractivity contribution in [3.63, 3.8) is 0 Å².